The third-order valence-electron chi connectivity index (χ3n) is 2.34. The van der Waals surface area contributed by atoms with Gasteiger partial charge in [-0.25, -0.2) is 4.79 Å². The van der Waals surface area contributed by atoms with E-state index in [9.17, 15) is 4.79 Å². The van der Waals surface area contributed by atoms with Gasteiger partial charge < -0.3 is 14.8 Å². The standard InChI is InChI=1S/C14H21NO3/c1-10(15-13(16)18-14(2,3)4)11-8-6-7-9-12(11)17-5/h6-10H,1-5H3,(H,15,16)/t10-/m1/s1. The number of carbonyl (C=O) groups is 1. The van der Waals surface area contributed by atoms with Gasteiger partial charge in [-0.15, -0.1) is 0 Å². The van der Waals surface area contributed by atoms with Crippen molar-refractivity contribution >= 4 is 6.09 Å². The highest BCUT2D eigenvalue weighted by molar-refractivity contribution is 5.68. The second-order valence-corrected chi connectivity index (χ2v) is 5.11. The van der Waals surface area contributed by atoms with Crippen molar-refractivity contribution in [3.63, 3.8) is 0 Å². The maximum atomic E-state index is 11.7. The molecule has 0 aliphatic carbocycles. The topological polar surface area (TPSA) is 47.6 Å². The van der Waals surface area contributed by atoms with Crippen LogP contribution in [0.2, 0.25) is 0 Å². The molecule has 1 amide bonds. The molecular formula is C14H21NO3. The Bertz CT molecular complexity index is 410. The van der Waals surface area contributed by atoms with Gasteiger partial charge in [0.1, 0.15) is 11.4 Å². The molecule has 18 heavy (non-hydrogen) atoms. The molecule has 1 aromatic carbocycles. The van der Waals surface area contributed by atoms with Gasteiger partial charge in [-0.1, -0.05) is 18.2 Å². The lowest BCUT2D eigenvalue weighted by molar-refractivity contribution is 0.0507. The fraction of sp³-hybridized carbons (Fsp3) is 0.500. The van der Waals surface area contributed by atoms with Crippen LogP contribution in [0.1, 0.15) is 39.3 Å². The van der Waals surface area contributed by atoms with Crippen molar-refractivity contribution in [2.45, 2.75) is 39.3 Å². The first-order chi connectivity index (χ1) is 8.33. The molecule has 0 fully saturated rings. The van der Waals surface area contributed by atoms with E-state index < -0.39 is 11.7 Å². The molecule has 100 valence electrons. The Morgan fingerprint density at radius 1 is 1.28 bits per heavy atom. The van der Waals surface area contributed by atoms with Gasteiger partial charge in [0.2, 0.25) is 0 Å². The molecule has 1 aromatic rings. The van der Waals surface area contributed by atoms with Crippen LogP contribution in [0.15, 0.2) is 24.3 Å². The predicted molar refractivity (Wildman–Crippen MR) is 70.8 cm³/mol. The highest BCUT2D eigenvalue weighted by atomic mass is 16.6. The molecule has 1 N–H and O–H groups in total. The van der Waals surface area contributed by atoms with E-state index in [1.54, 1.807) is 7.11 Å². The van der Waals surface area contributed by atoms with Gasteiger partial charge in [0.05, 0.1) is 13.2 Å². The summed E-state index contributed by atoms with van der Waals surface area (Å²) in [6.45, 7) is 7.39. The van der Waals surface area contributed by atoms with Crippen LogP contribution in [0.4, 0.5) is 4.79 Å². The number of hydrogen-bond acceptors (Lipinski definition) is 3. The molecule has 0 bridgehead atoms. The van der Waals surface area contributed by atoms with E-state index >= 15 is 0 Å². The third kappa shape index (κ3) is 4.28. The van der Waals surface area contributed by atoms with Gasteiger partial charge in [-0.2, -0.15) is 0 Å². The van der Waals surface area contributed by atoms with Crippen LogP contribution < -0.4 is 10.1 Å². The minimum Gasteiger partial charge on any atom is -0.496 e. The SMILES string of the molecule is COc1ccccc1[C@@H](C)NC(=O)OC(C)(C)C. The van der Waals surface area contributed by atoms with Crippen molar-refractivity contribution in [1.29, 1.82) is 0 Å². The smallest absolute Gasteiger partial charge is 0.408 e. The number of rotatable bonds is 3. The van der Waals surface area contributed by atoms with Gasteiger partial charge in [-0.05, 0) is 33.8 Å². The molecule has 0 unspecified atom stereocenters. The summed E-state index contributed by atoms with van der Waals surface area (Å²) in [7, 11) is 1.61. The maximum absolute atomic E-state index is 11.7. The molecule has 0 spiro atoms. The van der Waals surface area contributed by atoms with E-state index in [-0.39, 0.29) is 6.04 Å². The van der Waals surface area contributed by atoms with Crippen LogP contribution in [0, 0.1) is 0 Å². The van der Waals surface area contributed by atoms with Gasteiger partial charge in [0.25, 0.3) is 0 Å². The van der Waals surface area contributed by atoms with E-state index in [1.165, 1.54) is 0 Å². The number of para-hydroxylation sites is 1. The summed E-state index contributed by atoms with van der Waals surface area (Å²) in [6.07, 6.45) is -0.430. The molecule has 1 atom stereocenters. The Balaban J connectivity index is 2.70. The zero-order valence-electron chi connectivity index (χ0n) is 11.6. The maximum Gasteiger partial charge on any atom is 0.408 e. The Morgan fingerprint density at radius 3 is 2.44 bits per heavy atom. The number of alkyl carbamates (subject to hydrolysis) is 1. The van der Waals surface area contributed by atoms with E-state index in [0.29, 0.717) is 0 Å². The van der Waals surface area contributed by atoms with Crippen molar-refractivity contribution in [3.8, 4) is 5.75 Å². The number of amides is 1. The second-order valence-electron chi connectivity index (χ2n) is 5.11. The quantitative estimate of drug-likeness (QED) is 0.896. The molecule has 4 nitrogen and oxygen atoms in total. The average Bonchev–Trinajstić information content (AvgIpc) is 2.26. The number of methoxy groups -OCH3 is 1. The van der Waals surface area contributed by atoms with Crippen molar-refractivity contribution < 1.29 is 14.3 Å². The molecule has 0 radical (unpaired) electrons. The molecular weight excluding hydrogens is 230 g/mol. The summed E-state index contributed by atoms with van der Waals surface area (Å²) in [5, 5.41) is 2.79. The van der Waals surface area contributed by atoms with Crippen LogP contribution in [-0.2, 0) is 4.74 Å². The lowest BCUT2D eigenvalue weighted by Gasteiger charge is -2.22. The molecule has 4 heteroatoms. The van der Waals surface area contributed by atoms with Gasteiger partial charge in [0, 0.05) is 5.56 Å². The van der Waals surface area contributed by atoms with Crippen LogP contribution >= 0.6 is 0 Å². The monoisotopic (exact) mass is 251 g/mol. The Hall–Kier alpha value is -1.71. The predicted octanol–water partition coefficient (Wildman–Crippen LogP) is 3.28. The van der Waals surface area contributed by atoms with E-state index in [2.05, 4.69) is 5.32 Å². The summed E-state index contributed by atoms with van der Waals surface area (Å²) >= 11 is 0. The molecule has 0 heterocycles. The minimum absolute atomic E-state index is 0.170. The first-order valence-corrected chi connectivity index (χ1v) is 5.96. The Kier molecular flexibility index (Phi) is 4.59. The number of nitrogens with one attached hydrogen (secondary N) is 1. The zero-order chi connectivity index (χ0) is 13.8. The zero-order valence-corrected chi connectivity index (χ0v) is 11.6. The average molecular weight is 251 g/mol. The normalized spacial score (nSPS) is 12.7. The first kappa shape index (κ1) is 14.4. The van der Waals surface area contributed by atoms with E-state index in [0.717, 1.165) is 11.3 Å². The fourth-order valence-electron chi connectivity index (χ4n) is 1.59. The number of hydrogen-bond donors (Lipinski definition) is 1. The number of carbonyl (C=O) groups excluding carboxylic acids is 1. The van der Waals surface area contributed by atoms with Crippen molar-refractivity contribution in [2.75, 3.05) is 7.11 Å². The molecule has 1 rings (SSSR count). The lowest BCUT2D eigenvalue weighted by Crippen LogP contribution is -2.34. The highest BCUT2D eigenvalue weighted by Crippen LogP contribution is 2.24. The molecule has 0 aliphatic heterocycles. The Labute approximate surface area is 108 Å². The van der Waals surface area contributed by atoms with Gasteiger partial charge in [0.15, 0.2) is 0 Å². The second kappa shape index (κ2) is 5.76. The van der Waals surface area contributed by atoms with Gasteiger partial charge in [-0.3, -0.25) is 0 Å². The van der Waals surface area contributed by atoms with Gasteiger partial charge >= 0.3 is 6.09 Å². The first-order valence-electron chi connectivity index (χ1n) is 5.96. The third-order valence-corrected chi connectivity index (χ3v) is 2.34. The highest BCUT2D eigenvalue weighted by Gasteiger charge is 2.19. The molecule has 0 saturated heterocycles. The van der Waals surface area contributed by atoms with Crippen molar-refractivity contribution in [1.82, 2.24) is 5.32 Å². The van der Waals surface area contributed by atoms with Crippen molar-refractivity contribution in [2.24, 2.45) is 0 Å². The van der Waals surface area contributed by atoms with Crippen LogP contribution in [0.5, 0.6) is 5.75 Å². The summed E-state index contributed by atoms with van der Waals surface area (Å²) in [5.41, 5.74) is 0.427. The summed E-state index contributed by atoms with van der Waals surface area (Å²) < 4.78 is 10.5. The van der Waals surface area contributed by atoms with Crippen LogP contribution in [-0.4, -0.2) is 18.8 Å². The Morgan fingerprint density at radius 2 is 1.89 bits per heavy atom. The molecule has 0 aromatic heterocycles. The van der Waals surface area contributed by atoms with E-state index in [4.69, 9.17) is 9.47 Å². The molecule has 0 saturated carbocycles. The van der Waals surface area contributed by atoms with E-state index in [1.807, 2.05) is 52.0 Å². The summed E-state index contributed by atoms with van der Waals surface area (Å²) in [6, 6.07) is 7.41. The van der Waals surface area contributed by atoms with Crippen LogP contribution in [0.3, 0.4) is 0 Å². The fourth-order valence-corrected chi connectivity index (χ4v) is 1.59. The number of benzene rings is 1. The van der Waals surface area contributed by atoms with Crippen LogP contribution in [0.25, 0.3) is 0 Å². The summed E-state index contributed by atoms with van der Waals surface area (Å²) in [5.74, 6) is 0.751. The minimum atomic E-state index is -0.495. The number of ether oxygens (including phenoxy) is 2. The molecule has 0 aliphatic rings. The summed E-state index contributed by atoms with van der Waals surface area (Å²) in [4.78, 5) is 11.7. The van der Waals surface area contributed by atoms with Crippen molar-refractivity contribution in [3.05, 3.63) is 29.8 Å². The largest absolute Gasteiger partial charge is 0.496 e. The lowest BCUT2D eigenvalue weighted by atomic mass is 10.1.